The van der Waals surface area contributed by atoms with Crippen LogP contribution in [-0.2, 0) is 0 Å². The molecule has 0 saturated carbocycles. The van der Waals surface area contributed by atoms with E-state index in [1.807, 2.05) is 11.8 Å². The second-order valence-corrected chi connectivity index (χ2v) is 6.22. The molecule has 0 spiro atoms. The first kappa shape index (κ1) is 14.8. The molecule has 2 nitrogen and oxygen atoms in total. The van der Waals surface area contributed by atoms with Gasteiger partial charge in [0.15, 0.2) is 0 Å². The summed E-state index contributed by atoms with van der Waals surface area (Å²) in [6.07, 6.45) is 1.09. The summed E-state index contributed by atoms with van der Waals surface area (Å²) in [6, 6.07) is 3.37. The molecule has 5 heteroatoms. The predicted molar refractivity (Wildman–Crippen MR) is 76.3 cm³/mol. The van der Waals surface area contributed by atoms with E-state index in [1.165, 1.54) is 12.1 Å². The van der Waals surface area contributed by atoms with Crippen LogP contribution in [0, 0.1) is 11.6 Å². The van der Waals surface area contributed by atoms with Crippen LogP contribution in [0.2, 0.25) is 0 Å². The van der Waals surface area contributed by atoms with Gasteiger partial charge in [0.2, 0.25) is 0 Å². The van der Waals surface area contributed by atoms with Crippen molar-refractivity contribution in [3.05, 3.63) is 35.4 Å². The molecule has 106 valence electrons. The topological polar surface area (TPSA) is 29.3 Å². The zero-order valence-corrected chi connectivity index (χ0v) is 11.9. The molecule has 1 saturated heterocycles. The molecule has 0 amide bonds. The highest BCUT2D eigenvalue weighted by atomic mass is 32.2. The van der Waals surface area contributed by atoms with Crippen molar-refractivity contribution in [3.63, 3.8) is 0 Å². The van der Waals surface area contributed by atoms with Crippen LogP contribution >= 0.6 is 11.8 Å². The van der Waals surface area contributed by atoms with Gasteiger partial charge in [-0.3, -0.25) is 4.90 Å². The average Bonchev–Trinajstić information content (AvgIpc) is 2.44. The lowest BCUT2D eigenvalue weighted by molar-refractivity contribution is 0.203. The Morgan fingerprint density at radius 2 is 2.26 bits per heavy atom. The van der Waals surface area contributed by atoms with Crippen molar-refractivity contribution in [1.29, 1.82) is 0 Å². The molecule has 2 atom stereocenters. The van der Waals surface area contributed by atoms with Gasteiger partial charge >= 0.3 is 0 Å². The minimum absolute atomic E-state index is 0.231. The second kappa shape index (κ2) is 6.68. The molecule has 1 aliphatic rings. The lowest BCUT2D eigenvalue weighted by Crippen LogP contribution is -2.43. The fourth-order valence-electron chi connectivity index (χ4n) is 2.51. The summed E-state index contributed by atoms with van der Waals surface area (Å²) in [7, 11) is 0. The van der Waals surface area contributed by atoms with Crippen LogP contribution in [0.1, 0.15) is 24.9 Å². The zero-order chi connectivity index (χ0) is 13.8. The third-order valence-corrected chi connectivity index (χ3v) is 4.98. The van der Waals surface area contributed by atoms with Crippen LogP contribution in [0.5, 0.6) is 0 Å². The van der Waals surface area contributed by atoms with Gasteiger partial charge in [-0.05, 0) is 24.6 Å². The summed E-state index contributed by atoms with van der Waals surface area (Å²) < 4.78 is 27.2. The molecule has 0 aromatic heterocycles. The van der Waals surface area contributed by atoms with Crippen molar-refractivity contribution in [3.8, 4) is 0 Å². The molecule has 19 heavy (non-hydrogen) atoms. The summed E-state index contributed by atoms with van der Waals surface area (Å²) in [5.41, 5.74) is 6.18. The van der Waals surface area contributed by atoms with Gasteiger partial charge in [0.25, 0.3) is 0 Å². The Hall–Kier alpha value is -0.650. The summed E-state index contributed by atoms with van der Waals surface area (Å²) in [4.78, 5) is 2.18. The maximum Gasteiger partial charge on any atom is 0.128 e. The Labute approximate surface area is 117 Å². The monoisotopic (exact) mass is 286 g/mol. The largest absolute Gasteiger partial charge is 0.329 e. The fourth-order valence-corrected chi connectivity index (χ4v) is 3.72. The van der Waals surface area contributed by atoms with Gasteiger partial charge in [0.1, 0.15) is 11.6 Å². The van der Waals surface area contributed by atoms with Crippen molar-refractivity contribution >= 4 is 11.8 Å². The first-order valence-electron chi connectivity index (χ1n) is 6.66. The lowest BCUT2D eigenvalue weighted by atomic mass is 10.0. The van der Waals surface area contributed by atoms with Gasteiger partial charge in [0, 0.05) is 36.2 Å². The molecule has 0 radical (unpaired) electrons. The molecule has 2 rings (SSSR count). The average molecular weight is 286 g/mol. The van der Waals surface area contributed by atoms with Crippen molar-refractivity contribution in [2.75, 3.05) is 25.4 Å². The molecule has 1 fully saturated rings. The molecule has 2 unspecified atom stereocenters. The highest BCUT2D eigenvalue weighted by molar-refractivity contribution is 8.00. The number of thioether (sulfide) groups is 1. The minimum Gasteiger partial charge on any atom is -0.329 e. The number of hydrogen-bond donors (Lipinski definition) is 1. The second-order valence-electron chi connectivity index (χ2n) is 4.81. The van der Waals surface area contributed by atoms with Crippen molar-refractivity contribution in [2.45, 2.75) is 24.6 Å². The molecule has 1 aromatic carbocycles. The summed E-state index contributed by atoms with van der Waals surface area (Å²) in [5, 5.41) is 0.555. The Kier molecular flexibility index (Phi) is 5.19. The molecule has 1 heterocycles. The first-order chi connectivity index (χ1) is 9.15. The smallest absolute Gasteiger partial charge is 0.128 e. The third-order valence-electron chi connectivity index (χ3n) is 3.61. The maximum atomic E-state index is 13.9. The number of nitrogens with two attached hydrogens (primary N) is 1. The fraction of sp³-hybridized carbons (Fsp3) is 0.571. The van der Waals surface area contributed by atoms with E-state index < -0.39 is 5.82 Å². The van der Waals surface area contributed by atoms with E-state index in [4.69, 9.17) is 5.73 Å². The van der Waals surface area contributed by atoms with Crippen molar-refractivity contribution in [1.82, 2.24) is 4.90 Å². The van der Waals surface area contributed by atoms with Crippen LogP contribution in [0.25, 0.3) is 0 Å². The van der Waals surface area contributed by atoms with Crippen LogP contribution in [0.15, 0.2) is 18.2 Å². The highest BCUT2D eigenvalue weighted by Crippen LogP contribution is 2.29. The summed E-state index contributed by atoms with van der Waals surface area (Å²) in [5.74, 6) is 0.239. The van der Waals surface area contributed by atoms with Crippen LogP contribution < -0.4 is 5.73 Å². The van der Waals surface area contributed by atoms with Crippen molar-refractivity contribution in [2.24, 2.45) is 5.73 Å². The third kappa shape index (κ3) is 3.46. The summed E-state index contributed by atoms with van der Waals surface area (Å²) >= 11 is 1.95. The molecule has 0 aliphatic carbocycles. The zero-order valence-electron chi connectivity index (χ0n) is 11.1. The van der Waals surface area contributed by atoms with E-state index in [9.17, 15) is 8.78 Å². The molecule has 1 aromatic rings. The number of hydrogen-bond acceptors (Lipinski definition) is 3. The van der Waals surface area contributed by atoms with Gasteiger partial charge in [-0.2, -0.15) is 11.8 Å². The summed E-state index contributed by atoms with van der Waals surface area (Å²) in [6.45, 7) is 4.22. The Bertz CT molecular complexity index is 428. The number of rotatable bonds is 4. The lowest BCUT2D eigenvalue weighted by Gasteiger charge is -2.37. The van der Waals surface area contributed by atoms with Gasteiger partial charge in [0.05, 0.1) is 6.04 Å². The maximum absolute atomic E-state index is 13.9. The number of halogens is 2. The number of nitrogens with zero attached hydrogens (tertiary/aromatic N) is 1. The number of benzene rings is 1. The first-order valence-corrected chi connectivity index (χ1v) is 7.71. The van der Waals surface area contributed by atoms with Crippen LogP contribution in [0.3, 0.4) is 0 Å². The molecule has 2 N–H and O–H groups in total. The van der Waals surface area contributed by atoms with Crippen LogP contribution in [0.4, 0.5) is 8.78 Å². The normalized spacial score (nSPS) is 22.4. The van der Waals surface area contributed by atoms with E-state index in [0.717, 1.165) is 31.3 Å². The Balaban J connectivity index is 2.21. The van der Waals surface area contributed by atoms with Crippen LogP contribution in [-0.4, -0.2) is 35.5 Å². The van der Waals surface area contributed by atoms with Gasteiger partial charge in [-0.1, -0.05) is 6.92 Å². The van der Waals surface area contributed by atoms with E-state index in [1.54, 1.807) is 0 Å². The Morgan fingerprint density at radius 1 is 1.47 bits per heavy atom. The molecule has 1 aliphatic heterocycles. The molecular weight excluding hydrogens is 266 g/mol. The van der Waals surface area contributed by atoms with Gasteiger partial charge < -0.3 is 5.73 Å². The minimum atomic E-state index is -0.409. The van der Waals surface area contributed by atoms with Gasteiger partial charge in [-0.15, -0.1) is 0 Å². The van der Waals surface area contributed by atoms with E-state index in [0.29, 0.717) is 17.4 Å². The quantitative estimate of drug-likeness (QED) is 0.923. The highest BCUT2D eigenvalue weighted by Gasteiger charge is 2.27. The predicted octanol–water partition coefficient (Wildman–Crippen LogP) is 2.79. The molecular formula is C14H20F2N2S. The van der Waals surface area contributed by atoms with E-state index in [-0.39, 0.29) is 11.9 Å². The standard InChI is InChI=1S/C14H20F2N2S/c1-2-11-9-18(5-6-19-11)14(8-17)12-7-10(15)3-4-13(12)16/h3-4,7,11,14H,2,5-6,8-9,17H2,1H3. The Morgan fingerprint density at radius 3 is 2.95 bits per heavy atom. The molecule has 0 bridgehead atoms. The van der Waals surface area contributed by atoms with Gasteiger partial charge in [-0.25, -0.2) is 8.78 Å². The van der Waals surface area contributed by atoms with Crippen molar-refractivity contribution < 1.29 is 8.78 Å². The van der Waals surface area contributed by atoms with E-state index in [2.05, 4.69) is 11.8 Å². The van der Waals surface area contributed by atoms with E-state index >= 15 is 0 Å². The SMILES string of the molecule is CCC1CN(C(CN)c2cc(F)ccc2F)CCS1.